The standard InChI is InChI=1S/C17H14N2O2S/c20-14-8-6-13(7-9-14)19-16(21)11-22-15-5-1-3-12-4-2-10-18-17(12)15/h1-10,20H,11H2,(H,19,21). The fourth-order valence-corrected chi connectivity index (χ4v) is 2.92. The first-order valence-corrected chi connectivity index (χ1v) is 7.76. The number of para-hydroxylation sites is 1. The van der Waals surface area contributed by atoms with Gasteiger partial charge in [0.15, 0.2) is 0 Å². The van der Waals surface area contributed by atoms with Crippen LogP contribution in [0.2, 0.25) is 0 Å². The molecule has 4 nitrogen and oxygen atoms in total. The van der Waals surface area contributed by atoms with E-state index in [-0.39, 0.29) is 11.7 Å². The number of phenols is 1. The molecule has 110 valence electrons. The summed E-state index contributed by atoms with van der Waals surface area (Å²) >= 11 is 1.46. The van der Waals surface area contributed by atoms with Crippen molar-refractivity contribution in [1.82, 2.24) is 4.98 Å². The number of nitrogens with one attached hydrogen (secondary N) is 1. The molecule has 5 heteroatoms. The van der Waals surface area contributed by atoms with Gasteiger partial charge in [0.1, 0.15) is 5.75 Å². The van der Waals surface area contributed by atoms with E-state index in [1.54, 1.807) is 18.3 Å². The van der Waals surface area contributed by atoms with Gasteiger partial charge in [-0.05, 0) is 36.4 Å². The highest BCUT2D eigenvalue weighted by Crippen LogP contribution is 2.26. The molecule has 3 rings (SSSR count). The Morgan fingerprint density at radius 1 is 1.09 bits per heavy atom. The zero-order valence-corrected chi connectivity index (χ0v) is 12.5. The second-order valence-corrected chi connectivity index (χ2v) is 5.73. The van der Waals surface area contributed by atoms with E-state index in [9.17, 15) is 9.90 Å². The maximum atomic E-state index is 12.0. The van der Waals surface area contributed by atoms with Crippen LogP contribution >= 0.6 is 11.8 Å². The van der Waals surface area contributed by atoms with Gasteiger partial charge in [0.25, 0.3) is 0 Å². The number of hydrogen-bond donors (Lipinski definition) is 2. The van der Waals surface area contributed by atoms with E-state index in [1.165, 1.54) is 23.9 Å². The van der Waals surface area contributed by atoms with Crippen molar-refractivity contribution in [2.45, 2.75) is 4.90 Å². The maximum Gasteiger partial charge on any atom is 0.234 e. The van der Waals surface area contributed by atoms with Crippen LogP contribution in [0.15, 0.2) is 65.7 Å². The molecule has 1 amide bonds. The van der Waals surface area contributed by atoms with E-state index in [0.717, 1.165) is 15.8 Å². The lowest BCUT2D eigenvalue weighted by molar-refractivity contribution is -0.113. The first-order chi connectivity index (χ1) is 10.7. The summed E-state index contributed by atoms with van der Waals surface area (Å²) < 4.78 is 0. The average Bonchev–Trinajstić information content (AvgIpc) is 2.55. The number of rotatable bonds is 4. The highest BCUT2D eigenvalue weighted by Gasteiger charge is 2.07. The molecular formula is C17H14N2O2S. The third-order valence-electron chi connectivity index (χ3n) is 3.11. The van der Waals surface area contributed by atoms with Crippen LogP contribution in [-0.2, 0) is 4.79 Å². The molecule has 0 saturated carbocycles. The van der Waals surface area contributed by atoms with E-state index in [4.69, 9.17) is 0 Å². The third kappa shape index (κ3) is 3.38. The van der Waals surface area contributed by atoms with E-state index in [1.807, 2.05) is 30.3 Å². The van der Waals surface area contributed by atoms with Gasteiger partial charge in [0, 0.05) is 22.2 Å². The number of aromatic hydroxyl groups is 1. The smallest absolute Gasteiger partial charge is 0.234 e. The van der Waals surface area contributed by atoms with Crippen LogP contribution in [0.3, 0.4) is 0 Å². The largest absolute Gasteiger partial charge is 0.508 e. The number of carbonyl (C=O) groups excluding carboxylic acids is 1. The number of carbonyl (C=O) groups is 1. The van der Waals surface area contributed by atoms with Crippen molar-refractivity contribution in [1.29, 1.82) is 0 Å². The summed E-state index contributed by atoms with van der Waals surface area (Å²) in [5.41, 5.74) is 1.58. The first kappa shape index (κ1) is 14.4. The molecular weight excluding hydrogens is 296 g/mol. The number of anilines is 1. The Morgan fingerprint density at radius 2 is 1.86 bits per heavy atom. The van der Waals surface area contributed by atoms with Gasteiger partial charge in [-0.3, -0.25) is 9.78 Å². The van der Waals surface area contributed by atoms with Crippen LogP contribution in [0.1, 0.15) is 0 Å². The molecule has 0 spiro atoms. The lowest BCUT2D eigenvalue weighted by atomic mass is 10.2. The van der Waals surface area contributed by atoms with Crippen molar-refractivity contribution in [3.63, 3.8) is 0 Å². The molecule has 1 aromatic heterocycles. The molecule has 2 aromatic carbocycles. The first-order valence-electron chi connectivity index (χ1n) is 6.78. The number of amides is 1. The number of fused-ring (bicyclic) bond motifs is 1. The summed E-state index contributed by atoms with van der Waals surface area (Å²) in [5.74, 6) is 0.383. The number of nitrogens with zero attached hydrogens (tertiary/aromatic N) is 1. The fraction of sp³-hybridized carbons (Fsp3) is 0.0588. The Kier molecular flexibility index (Phi) is 4.25. The summed E-state index contributed by atoms with van der Waals surface area (Å²) in [6, 6.07) is 16.2. The van der Waals surface area contributed by atoms with Crippen LogP contribution in [0.5, 0.6) is 5.75 Å². The minimum atomic E-state index is -0.0939. The van der Waals surface area contributed by atoms with Gasteiger partial charge in [0.05, 0.1) is 11.3 Å². The highest BCUT2D eigenvalue weighted by atomic mass is 32.2. The molecule has 0 saturated heterocycles. The number of hydrogen-bond acceptors (Lipinski definition) is 4. The maximum absolute atomic E-state index is 12.0. The van der Waals surface area contributed by atoms with E-state index in [2.05, 4.69) is 10.3 Å². The number of pyridine rings is 1. The zero-order valence-electron chi connectivity index (χ0n) is 11.7. The summed E-state index contributed by atoms with van der Waals surface area (Å²) in [6.45, 7) is 0. The number of thioether (sulfide) groups is 1. The molecule has 0 aliphatic carbocycles. The Balaban J connectivity index is 1.66. The quantitative estimate of drug-likeness (QED) is 0.570. The number of aromatic nitrogens is 1. The molecule has 0 aliphatic heterocycles. The van der Waals surface area contributed by atoms with Gasteiger partial charge in [-0.2, -0.15) is 0 Å². The average molecular weight is 310 g/mol. The monoisotopic (exact) mass is 310 g/mol. The molecule has 0 radical (unpaired) electrons. The van der Waals surface area contributed by atoms with Crippen molar-refractivity contribution in [2.75, 3.05) is 11.1 Å². The predicted octanol–water partition coefficient (Wildman–Crippen LogP) is 3.67. The lowest BCUT2D eigenvalue weighted by Crippen LogP contribution is -2.13. The Labute approximate surface area is 132 Å². The fourth-order valence-electron chi connectivity index (χ4n) is 2.08. The second kappa shape index (κ2) is 6.49. The van der Waals surface area contributed by atoms with E-state index in [0.29, 0.717) is 11.4 Å². The van der Waals surface area contributed by atoms with Crippen LogP contribution in [0, 0.1) is 0 Å². The lowest BCUT2D eigenvalue weighted by Gasteiger charge is -2.07. The molecule has 22 heavy (non-hydrogen) atoms. The Hall–Kier alpha value is -2.53. The van der Waals surface area contributed by atoms with E-state index >= 15 is 0 Å². The van der Waals surface area contributed by atoms with Gasteiger partial charge in [-0.25, -0.2) is 0 Å². The van der Waals surface area contributed by atoms with Crippen molar-refractivity contribution < 1.29 is 9.90 Å². The van der Waals surface area contributed by atoms with Gasteiger partial charge >= 0.3 is 0 Å². The minimum Gasteiger partial charge on any atom is -0.508 e. The van der Waals surface area contributed by atoms with Crippen molar-refractivity contribution >= 4 is 34.3 Å². The minimum absolute atomic E-state index is 0.0939. The van der Waals surface area contributed by atoms with Gasteiger partial charge < -0.3 is 10.4 Å². The van der Waals surface area contributed by atoms with Crippen LogP contribution in [0.25, 0.3) is 10.9 Å². The summed E-state index contributed by atoms with van der Waals surface area (Å²) in [5, 5.41) is 13.1. The van der Waals surface area contributed by atoms with Crippen LogP contribution in [0.4, 0.5) is 5.69 Å². The van der Waals surface area contributed by atoms with Gasteiger partial charge in [0.2, 0.25) is 5.91 Å². The predicted molar refractivity (Wildman–Crippen MR) is 89.2 cm³/mol. The van der Waals surface area contributed by atoms with Crippen molar-refractivity contribution in [3.8, 4) is 5.75 Å². The Bertz CT molecular complexity index is 798. The molecule has 2 N–H and O–H groups in total. The van der Waals surface area contributed by atoms with Gasteiger partial charge in [-0.1, -0.05) is 18.2 Å². The molecule has 0 fully saturated rings. The van der Waals surface area contributed by atoms with Gasteiger partial charge in [-0.15, -0.1) is 11.8 Å². The summed E-state index contributed by atoms with van der Waals surface area (Å²) in [4.78, 5) is 17.3. The van der Waals surface area contributed by atoms with Crippen molar-refractivity contribution in [2.24, 2.45) is 0 Å². The molecule has 0 unspecified atom stereocenters. The molecule has 0 atom stereocenters. The molecule has 1 heterocycles. The Morgan fingerprint density at radius 3 is 2.68 bits per heavy atom. The third-order valence-corrected chi connectivity index (χ3v) is 4.15. The summed E-state index contributed by atoms with van der Waals surface area (Å²) in [6.07, 6.45) is 1.75. The highest BCUT2D eigenvalue weighted by molar-refractivity contribution is 8.00. The van der Waals surface area contributed by atoms with Crippen LogP contribution in [-0.4, -0.2) is 21.8 Å². The SMILES string of the molecule is O=C(CSc1cccc2cccnc12)Nc1ccc(O)cc1. The van der Waals surface area contributed by atoms with Crippen LogP contribution < -0.4 is 5.32 Å². The molecule has 0 bridgehead atoms. The molecule has 3 aromatic rings. The topological polar surface area (TPSA) is 62.2 Å². The number of phenolic OH excluding ortho intramolecular Hbond substituents is 1. The zero-order chi connectivity index (χ0) is 15.4. The van der Waals surface area contributed by atoms with E-state index < -0.39 is 0 Å². The second-order valence-electron chi connectivity index (χ2n) is 4.71. The molecule has 0 aliphatic rings. The van der Waals surface area contributed by atoms with Crippen molar-refractivity contribution in [3.05, 3.63) is 60.8 Å². The normalized spacial score (nSPS) is 10.5. The summed E-state index contributed by atoms with van der Waals surface area (Å²) in [7, 11) is 0. The number of benzene rings is 2.